The Morgan fingerprint density at radius 2 is 2.00 bits per heavy atom. The minimum Gasteiger partial charge on any atom is -0.393 e. The van der Waals surface area contributed by atoms with E-state index >= 15 is 0 Å². The lowest BCUT2D eigenvalue weighted by atomic mass is 9.46. The standard InChI is InChI=1S/C22H30O7S/c1-20-8-6-14(23)10-13(20)4-5-15-16-7-9-22(26,18(25)12-29-30(3,27)28)21(16,2)11-17(24)19(15)20/h6,8,10,15-17,19,24,26H,4-5,7,9,11-12H2,1-3H3/t15-,16-,17+,19+,20-,21-,22-/m0/s1. The van der Waals surface area contributed by atoms with Gasteiger partial charge in [-0.15, -0.1) is 0 Å². The summed E-state index contributed by atoms with van der Waals surface area (Å²) < 4.78 is 27.3. The van der Waals surface area contributed by atoms with E-state index in [1.165, 1.54) is 0 Å². The summed E-state index contributed by atoms with van der Waals surface area (Å²) in [7, 11) is -3.80. The van der Waals surface area contributed by atoms with Crippen LogP contribution in [0.2, 0.25) is 0 Å². The number of aliphatic hydroxyl groups excluding tert-OH is 1. The number of Topliss-reactive ketones (excluding diaryl/α,β-unsaturated/α-hetero) is 1. The van der Waals surface area contributed by atoms with Gasteiger partial charge in [0.05, 0.1) is 12.4 Å². The molecule has 0 spiro atoms. The maximum absolute atomic E-state index is 12.9. The first kappa shape index (κ1) is 21.9. The van der Waals surface area contributed by atoms with Gasteiger partial charge in [0.25, 0.3) is 10.1 Å². The fraction of sp³-hybridized carbons (Fsp3) is 0.727. The summed E-state index contributed by atoms with van der Waals surface area (Å²) in [5.41, 5.74) is -1.97. The van der Waals surface area contributed by atoms with E-state index in [4.69, 9.17) is 0 Å². The van der Waals surface area contributed by atoms with Crippen LogP contribution in [0.15, 0.2) is 23.8 Å². The number of hydrogen-bond acceptors (Lipinski definition) is 7. The van der Waals surface area contributed by atoms with Crippen molar-refractivity contribution < 1.29 is 32.4 Å². The molecular formula is C22H30O7S. The van der Waals surface area contributed by atoms with Crippen molar-refractivity contribution in [1.29, 1.82) is 0 Å². The Bertz CT molecular complexity index is 951. The van der Waals surface area contributed by atoms with Crippen molar-refractivity contribution in [3.8, 4) is 0 Å². The Balaban J connectivity index is 1.66. The van der Waals surface area contributed by atoms with Crippen molar-refractivity contribution >= 4 is 21.7 Å². The van der Waals surface area contributed by atoms with Crippen LogP contribution in [0.25, 0.3) is 0 Å². The summed E-state index contributed by atoms with van der Waals surface area (Å²) >= 11 is 0. The van der Waals surface area contributed by atoms with Crippen LogP contribution < -0.4 is 0 Å². The van der Waals surface area contributed by atoms with Gasteiger partial charge in [0, 0.05) is 16.7 Å². The Hall–Kier alpha value is -1.35. The molecule has 4 aliphatic carbocycles. The van der Waals surface area contributed by atoms with Gasteiger partial charge in [-0.3, -0.25) is 13.8 Å². The van der Waals surface area contributed by atoms with E-state index in [0.29, 0.717) is 6.42 Å². The fourth-order valence-corrected chi connectivity index (χ4v) is 7.39. The molecule has 3 fully saturated rings. The third-order valence-electron chi connectivity index (χ3n) is 8.51. The highest BCUT2D eigenvalue weighted by molar-refractivity contribution is 7.86. The molecule has 2 N–H and O–H groups in total. The second-order valence-corrected chi connectivity index (χ2v) is 11.6. The maximum atomic E-state index is 12.9. The fourth-order valence-electron chi connectivity index (χ4n) is 7.07. The summed E-state index contributed by atoms with van der Waals surface area (Å²) in [6.07, 6.45) is 7.92. The number of allylic oxidation sites excluding steroid dienone is 4. The van der Waals surface area contributed by atoms with Crippen LogP contribution in [-0.2, 0) is 23.9 Å². The zero-order valence-electron chi connectivity index (χ0n) is 17.6. The predicted octanol–water partition coefficient (Wildman–Crippen LogP) is 1.54. The highest BCUT2D eigenvalue weighted by atomic mass is 32.2. The van der Waals surface area contributed by atoms with Gasteiger partial charge in [-0.1, -0.05) is 25.5 Å². The highest BCUT2D eigenvalue weighted by Gasteiger charge is 2.68. The molecule has 4 aliphatic rings. The van der Waals surface area contributed by atoms with Crippen LogP contribution in [0.4, 0.5) is 0 Å². The first-order valence-corrected chi connectivity index (χ1v) is 12.4. The lowest BCUT2D eigenvalue weighted by Crippen LogP contribution is -2.61. The molecule has 166 valence electrons. The van der Waals surface area contributed by atoms with Crippen LogP contribution in [0.5, 0.6) is 0 Å². The molecule has 0 aromatic heterocycles. The van der Waals surface area contributed by atoms with Crippen molar-refractivity contribution in [2.45, 2.75) is 57.7 Å². The van der Waals surface area contributed by atoms with E-state index in [2.05, 4.69) is 11.1 Å². The van der Waals surface area contributed by atoms with Gasteiger partial charge < -0.3 is 10.2 Å². The lowest BCUT2D eigenvalue weighted by Gasteiger charge is -2.59. The first-order chi connectivity index (χ1) is 13.8. The van der Waals surface area contributed by atoms with E-state index in [9.17, 15) is 28.2 Å². The zero-order valence-corrected chi connectivity index (χ0v) is 18.4. The molecule has 0 aliphatic heterocycles. The third-order valence-corrected chi connectivity index (χ3v) is 9.06. The normalized spacial score (nSPS) is 45.4. The summed E-state index contributed by atoms with van der Waals surface area (Å²) in [6.45, 7) is 3.21. The van der Waals surface area contributed by atoms with Crippen molar-refractivity contribution in [2.24, 2.45) is 28.6 Å². The molecule has 8 heteroatoms. The van der Waals surface area contributed by atoms with E-state index < -0.39 is 45.0 Å². The van der Waals surface area contributed by atoms with Gasteiger partial charge >= 0.3 is 0 Å². The summed E-state index contributed by atoms with van der Waals surface area (Å²) in [6, 6.07) is 0. The Morgan fingerprint density at radius 3 is 2.67 bits per heavy atom. The number of rotatable bonds is 4. The van der Waals surface area contributed by atoms with Gasteiger partial charge in [-0.25, -0.2) is 0 Å². The van der Waals surface area contributed by atoms with Crippen molar-refractivity contribution in [2.75, 3.05) is 12.9 Å². The van der Waals surface area contributed by atoms with Crippen LogP contribution in [-0.4, -0.2) is 54.8 Å². The van der Waals surface area contributed by atoms with Crippen LogP contribution in [0.3, 0.4) is 0 Å². The molecule has 0 aromatic carbocycles. The molecule has 4 rings (SSSR count). The molecule has 0 amide bonds. The van der Waals surface area contributed by atoms with E-state index in [-0.39, 0.29) is 36.4 Å². The Morgan fingerprint density at radius 1 is 1.30 bits per heavy atom. The first-order valence-electron chi connectivity index (χ1n) is 10.5. The molecule has 0 radical (unpaired) electrons. The summed E-state index contributed by atoms with van der Waals surface area (Å²) in [4.78, 5) is 24.8. The summed E-state index contributed by atoms with van der Waals surface area (Å²) in [5.74, 6) is -0.652. The molecule has 7 atom stereocenters. The highest BCUT2D eigenvalue weighted by Crippen LogP contribution is 2.67. The average Bonchev–Trinajstić information content (AvgIpc) is 2.91. The number of hydrogen-bond donors (Lipinski definition) is 2. The number of aliphatic hydroxyl groups is 2. The number of carbonyl (C=O) groups is 2. The Labute approximate surface area is 177 Å². The van der Waals surface area contributed by atoms with Crippen molar-refractivity contribution in [3.05, 3.63) is 23.8 Å². The minimum atomic E-state index is -3.80. The SMILES string of the molecule is C[C@]12C=CC(=O)C=C1CC[C@@H]1[C@@H]2[C@H](O)C[C@@]2(C)[C@H]1CC[C@]2(O)C(=O)COS(C)(=O)=O. The topological polar surface area (TPSA) is 118 Å². The van der Waals surface area contributed by atoms with E-state index in [1.54, 1.807) is 12.2 Å². The van der Waals surface area contributed by atoms with Crippen LogP contribution >= 0.6 is 0 Å². The van der Waals surface area contributed by atoms with E-state index in [1.807, 2.05) is 13.0 Å². The number of ketones is 2. The van der Waals surface area contributed by atoms with Gasteiger partial charge in [0.1, 0.15) is 12.2 Å². The van der Waals surface area contributed by atoms with E-state index in [0.717, 1.165) is 24.7 Å². The van der Waals surface area contributed by atoms with Gasteiger partial charge in [0.15, 0.2) is 11.6 Å². The molecule has 3 saturated carbocycles. The Kier molecular flexibility index (Phi) is 4.97. The molecule has 0 saturated heterocycles. The molecular weight excluding hydrogens is 408 g/mol. The summed E-state index contributed by atoms with van der Waals surface area (Å²) in [5, 5.41) is 22.7. The lowest BCUT2D eigenvalue weighted by molar-refractivity contribution is -0.177. The predicted molar refractivity (Wildman–Crippen MR) is 109 cm³/mol. The molecule has 0 unspecified atom stereocenters. The number of fused-ring (bicyclic) bond motifs is 5. The molecule has 7 nitrogen and oxygen atoms in total. The second-order valence-electron chi connectivity index (χ2n) is 10.0. The average molecular weight is 439 g/mol. The quantitative estimate of drug-likeness (QED) is 0.639. The monoisotopic (exact) mass is 438 g/mol. The van der Waals surface area contributed by atoms with Gasteiger partial charge in [-0.2, -0.15) is 8.42 Å². The largest absolute Gasteiger partial charge is 0.393 e. The zero-order chi connectivity index (χ0) is 22.1. The molecule has 0 heterocycles. The third kappa shape index (κ3) is 3.06. The second kappa shape index (κ2) is 6.82. The van der Waals surface area contributed by atoms with Gasteiger partial charge in [0.2, 0.25) is 0 Å². The smallest absolute Gasteiger partial charge is 0.264 e. The maximum Gasteiger partial charge on any atom is 0.264 e. The van der Waals surface area contributed by atoms with Crippen LogP contribution in [0, 0.1) is 28.6 Å². The molecule has 30 heavy (non-hydrogen) atoms. The molecule has 0 bridgehead atoms. The van der Waals surface area contributed by atoms with Gasteiger partial charge in [-0.05, 0) is 56.1 Å². The van der Waals surface area contributed by atoms with Crippen molar-refractivity contribution in [3.63, 3.8) is 0 Å². The number of carbonyl (C=O) groups excluding carboxylic acids is 2. The molecule has 0 aromatic rings. The minimum absolute atomic E-state index is 0.0162. The van der Waals surface area contributed by atoms with Crippen LogP contribution in [0.1, 0.15) is 46.0 Å². The van der Waals surface area contributed by atoms with Crippen molar-refractivity contribution in [1.82, 2.24) is 0 Å².